The maximum atomic E-state index is 6.26. The average molecular weight is 210 g/mol. The van der Waals surface area contributed by atoms with Gasteiger partial charge in [-0.15, -0.1) is 0 Å². The van der Waals surface area contributed by atoms with Gasteiger partial charge in [0.25, 0.3) is 0 Å². The molecule has 2 aliphatic rings. The van der Waals surface area contributed by atoms with Gasteiger partial charge in [0.05, 0.1) is 11.2 Å². The molecule has 0 amide bonds. The van der Waals surface area contributed by atoms with Crippen molar-refractivity contribution in [3.05, 3.63) is 12.2 Å². The zero-order chi connectivity index (χ0) is 11.3. The molecule has 0 radical (unpaired) electrons. The molecule has 0 N–H and O–H groups in total. The van der Waals surface area contributed by atoms with Crippen molar-refractivity contribution < 1.29 is 9.47 Å². The van der Waals surface area contributed by atoms with Crippen LogP contribution in [0.3, 0.4) is 0 Å². The third-order valence-electron chi connectivity index (χ3n) is 4.09. The first kappa shape index (κ1) is 11.2. The first-order valence-electron chi connectivity index (χ1n) is 5.97. The number of hydrogen-bond donors (Lipinski definition) is 0. The van der Waals surface area contributed by atoms with E-state index in [0.29, 0.717) is 5.92 Å². The summed E-state index contributed by atoms with van der Waals surface area (Å²) in [6, 6.07) is 0. The summed E-state index contributed by atoms with van der Waals surface area (Å²) in [6.45, 7) is 13.6. The Hall–Kier alpha value is -0.340. The maximum absolute atomic E-state index is 6.26. The van der Waals surface area contributed by atoms with Gasteiger partial charge in [0, 0.05) is 6.61 Å². The first-order chi connectivity index (χ1) is 6.96. The minimum Gasteiger partial charge on any atom is -0.371 e. The molecule has 0 aromatic carbocycles. The molecule has 0 saturated carbocycles. The molecule has 0 unspecified atom stereocenters. The number of hydrogen-bond acceptors (Lipinski definition) is 2. The van der Waals surface area contributed by atoms with Crippen LogP contribution in [0.5, 0.6) is 0 Å². The van der Waals surface area contributed by atoms with Crippen LogP contribution in [0.1, 0.15) is 40.5 Å². The van der Waals surface area contributed by atoms with Gasteiger partial charge in [0.2, 0.25) is 0 Å². The highest BCUT2D eigenvalue weighted by Gasteiger charge is 2.63. The Morgan fingerprint density at radius 3 is 2.67 bits per heavy atom. The van der Waals surface area contributed by atoms with Crippen LogP contribution in [0.4, 0.5) is 0 Å². The largest absolute Gasteiger partial charge is 0.371 e. The van der Waals surface area contributed by atoms with Gasteiger partial charge >= 0.3 is 0 Å². The Balaban J connectivity index is 2.31. The molecule has 0 spiro atoms. The van der Waals surface area contributed by atoms with E-state index in [9.17, 15) is 0 Å². The van der Waals surface area contributed by atoms with Gasteiger partial charge in [-0.1, -0.05) is 20.4 Å². The summed E-state index contributed by atoms with van der Waals surface area (Å²) in [4.78, 5) is 0. The zero-order valence-electron chi connectivity index (χ0n) is 10.3. The van der Waals surface area contributed by atoms with E-state index >= 15 is 0 Å². The molecule has 2 fully saturated rings. The van der Waals surface area contributed by atoms with Crippen LogP contribution < -0.4 is 0 Å². The molecular formula is C13H22O2. The Bertz CT molecular complexity index is 284. The molecule has 2 heterocycles. The van der Waals surface area contributed by atoms with Crippen molar-refractivity contribution in [2.75, 3.05) is 6.61 Å². The van der Waals surface area contributed by atoms with Gasteiger partial charge in [-0.2, -0.15) is 0 Å². The van der Waals surface area contributed by atoms with Crippen LogP contribution in [-0.2, 0) is 9.47 Å². The summed E-state index contributed by atoms with van der Waals surface area (Å²) >= 11 is 0. The fourth-order valence-electron chi connectivity index (χ4n) is 3.17. The Morgan fingerprint density at radius 1 is 1.53 bits per heavy atom. The Labute approximate surface area is 92.6 Å². The molecule has 86 valence electrons. The third-order valence-corrected chi connectivity index (χ3v) is 4.09. The lowest BCUT2D eigenvalue weighted by Gasteiger charge is -2.33. The SMILES string of the molecule is C=C1[C@@H](OCC)[C@]2(C)CC[C@@]1(C(C)C)O2. The molecule has 2 nitrogen and oxygen atoms in total. The standard InChI is InChI=1S/C13H22O2/c1-6-14-11-10(4)13(9(2)3)8-7-12(11,5)15-13/h9,11H,4,6-8H2,1-3,5H3/t11-,12+,13+/m1/s1. The lowest BCUT2D eigenvalue weighted by Crippen LogP contribution is -2.40. The summed E-state index contributed by atoms with van der Waals surface area (Å²) in [5.41, 5.74) is 0.916. The maximum Gasteiger partial charge on any atom is 0.110 e. The molecule has 3 atom stereocenters. The van der Waals surface area contributed by atoms with Crippen LogP contribution in [0.15, 0.2) is 12.2 Å². The van der Waals surface area contributed by atoms with Crippen molar-refractivity contribution in [3.8, 4) is 0 Å². The van der Waals surface area contributed by atoms with Crippen molar-refractivity contribution in [2.45, 2.75) is 57.8 Å². The van der Waals surface area contributed by atoms with Crippen molar-refractivity contribution in [1.82, 2.24) is 0 Å². The van der Waals surface area contributed by atoms with E-state index in [1.165, 1.54) is 0 Å². The molecule has 0 aromatic heterocycles. The van der Waals surface area contributed by atoms with E-state index in [0.717, 1.165) is 25.0 Å². The molecule has 2 saturated heterocycles. The highest BCUT2D eigenvalue weighted by atomic mass is 16.6. The highest BCUT2D eigenvalue weighted by Crippen LogP contribution is 2.57. The minimum absolute atomic E-state index is 0.0960. The van der Waals surface area contributed by atoms with Gasteiger partial charge in [-0.3, -0.25) is 0 Å². The van der Waals surface area contributed by atoms with E-state index in [2.05, 4.69) is 27.4 Å². The van der Waals surface area contributed by atoms with E-state index < -0.39 is 0 Å². The van der Waals surface area contributed by atoms with Gasteiger partial charge in [-0.05, 0) is 38.2 Å². The minimum atomic E-state index is -0.128. The predicted octanol–water partition coefficient (Wildman–Crippen LogP) is 2.93. The quantitative estimate of drug-likeness (QED) is 0.667. The number of ether oxygens (including phenoxy) is 2. The first-order valence-corrected chi connectivity index (χ1v) is 5.97. The second-order valence-electron chi connectivity index (χ2n) is 5.32. The van der Waals surface area contributed by atoms with E-state index in [1.54, 1.807) is 0 Å². The smallest absolute Gasteiger partial charge is 0.110 e. The average Bonchev–Trinajstić information content (AvgIpc) is 2.62. The van der Waals surface area contributed by atoms with Crippen molar-refractivity contribution >= 4 is 0 Å². The van der Waals surface area contributed by atoms with E-state index in [1.807, 2.05) is 6.92 Å². The van der Waals surface area contributed by atoms with Gasteiger partial charge < -0.3 is 9.47 Å². The van der Waals surface area contributed by atoms with Crippen LogP contribution >= 0.6 is 0 Å². The second kappa shape index (κ2) is 3.33. The third kappa shape index (κ3) is 1.31. The van der Waals surface area contributed by atoms with Gasteiger partial charge in [0.15, 0.2) is 0 Å². The monoisotopic (exact) mass is 210 g/mol. The van der Waals surface area contributed by atoms with Crippen LogP contribution in [-0.4, -0.2) is 23.9 Å². The highest BCUT2D eigenvalue weighted by molar-refractivity contribution is 5.33. The lowest BCUT2D eigenvalue weighted by atomic mass is 9.72. The van der Waals surface area contributed by atoms with Crippen LogP contribution in [0.25, 0.3) is 0 Å². The summed E-state index contributed by atoms with van der Waals surface area (Å²) in [5.74, 6) is 0.484. The summed E-state index contributed by atoms with van der Waals surface area (Å²) in [5, 5.41) is 0. The Morgan fingerprint density at radius 2 is 2.20 bits per heavy atom. The molecule has 15 heavy (non-hydrogen) atoms. The van der Waals surface area contributed by atoms with E-state index in [4.69, 9.17) is 9.47 Å². The summed E-state index contributed by atoms with van der Waals surface area (Å²) < 4.78 is 12.1. The molecule has 0 aromatic rings. The van der Waals surface area contributed by atoms with Gasteiger partial charge in [-0.25, -0.2) is 0 Å². The summed E-state index contributed by atoms with van der Waals surface area (Å²) in [7, 11) is 0. The van der Waals surface area contributed by atoms with E-state index in [-0.39, 0.29) is 17.3 Å². The molecule has 2 bridgehead atoms. The molecule has 2 rings (SSSR count). The van der Waals surface area contributed by atoms with Crippen LogP contribution in [0.2, 0.25) is 0 Å². The second-order valence-corrected chi connectivity index (χ2v) is 5.32. The van der Waals surface area contributed by atoms with Gasteiger partial charge in [0.1, 0.15) is 6.10 Å². The molecule has 2 heteroatoms. The number of rotatable bonds is 3. The fourth-order valence-corrected chi connectivity index (χ4v) is 3.17. The summed E-state index contributed by atoms with van der Waals surface area (Å²) in [6.07, 6.45) is 2.29. The molecule has 0 aliphatic carbocycles. The van der Waals surface area contributed by atoms with Crippen molar-refractivity contribution in [1.29, 1.82) is 0 Å². The van der Waals surface area contributed by atoms with Crippen molar-refractivity contribution in [2.24, 2.45) is 5.92 Å². The number of fused-ring (bicyclic) bond motifs is 2. The molecule has 2 aliphatic heterocycles. The molecular weight excluding hydrogens is 188 g/mol. The Kier molecular flexibility index (Phi) is 2.47. The van der Waals surface area contributed by atoms with Crippen molar-refractivity contribution in [3.63, 3.8) is 0 Å². The lowest BCUT2D eigenvalue weighted by molar-refractivity contribution is -0.0912. The topological polar surface area (TPSA) is 18.5 Å². The fraction of sp³-hybridized carbons (Fsp3) is 0.846. The zero-order valence-corrected chi connectivity index (χ0v) is 10.3. The predicted molar refractivity (Wildman–Crippen MR) is 60.8 cm³/mol. The normalized spacial score (nSPS) is 44.3. The van der Waals surface area contributed by atoms with Crippen LogP contribution in [0, 0.1) is 5.92 Å².